The van der Waals surface area contributed by atoms with Crippen molar-refractivity contribution in [3.8, 4) is 0 Å². The maximum absolute atomic E-state index is 13.0. The molecule has 1 atom stereocenters. The van der Waals surface area contributed by atoms with Crippen LogP contribution in [0.2, 0.25) is 0 Å². The molecule has 1 N–H and O–H groups in total. The Morgan fingerprint density at radius 3 is 2.79 bits per heavy atom. The van der Waals surface area contributed by atoms with Crippen molar-refractivity contribution in [3.05, 3.63) is 52.8 Å². The molecule has 2 aliphatic heterocycles. The zero-order valence-corrected chi connectivity index (χ0v) is 16.3. The molecule has 0 saturated heterocycles. The van der Waals surface area contributed by atoms with Gasteiger partial charge in [0.1, 0.15) is 6.10 Å². The fraction of sp³-hybridized carbons (Fsp3) is 0.545. The topological polar surface area (TPSA) is 61.6 Å². The van der Waals surface area contributed by atoms with Crippen LogP contribution >= 0.6 is 0 Å². The van der Waals surface area contributed by atoms with E-state index >= 15 is 0 Å². The number of aryl methyl sites for hydroxylation is 1. The molecule has 3 aliphatic rings. The summed E-state index contributed by atoms with van der Waals surface area (Å²) in [5.41, 5.74) is 4.57. The van der Waals surface area contributed by atoms with E-state index in [1.807, 2.05) is 15.6 Å². The quantitative estimate of drug-likeness (QED) is 0.883. The van der Waals surface area contributed by atoms with E-state index in [0.29, 0.717) is 19.0 Å². The fourth-order valence-electron chi connectivity index (χ4n) is 4.48. The number of aliphatic hydroxyl groups is 1. The smallest absolute Gasteiger partial charge is 0.237 e. The summed E-state index contributed by atoms with van der Waals surface area (Å²) in [6, 6.07) is 10.5. The molecular weight excluding hydrogens is 352 g/mol. The van der Waals surface area contributed by atoms with E-state index in [9.17, 15) is 9.90 Å². The van der Waals surface area contributed by atoms with E-state index in [1.165, 1.54) is 11.1 Å². The summed E-state index contributed by atoms with van der Waals surface area (Å²) < 4.78 is 1.99. The van der Waals surface area contributed by atoms with Gasteiger partial charge in [0, 0.05) is 26.2 Å². The number of aliphatic hydroxyl groups excluding tert-OH is 1. The van der Waals surface area contributed by atoms with Gasteiger partial charge in [-0.3, -0.25) is 14.4 Å². The molecule has 1 aromatic heterocycles. The monoisotopic (exact) mass is 380 g/mol. The van der Waals surface area contributed by atoms with Crippen LogP contribution < -0.4 is 0 Å². The molecule has 1 fully saturated rings. The summed E-state index contributed by atoms with van der Waals surface area (Å²) in [6.45, 7) is 4.44. The number of benzene rings is 1. The van der Waals surface area contributed by atoms with Crippen molar-refractivity contribution in [1.29, 1.82) is 0 Å². The largest absolute Gasteiger partial charge is 0.386 e. The Kier molecular flexibility index (Phi) is 4.69. The van der Waals surface area contributed by atoms with Crippen molar-refractivity contribution < 1.29 is 9.90 Å². The van der Waals surface area contributed by atoms with Gasteiger partial charge in [-0.15, -0.1) is 0 Å². The first-order valence-electron chi connectivity index (χ1n) is 10.5. The van der Waals surface area contributed by atoms with Crippen LogP contribution in [0, 0.1) is 5.92 Å². The van der Waals surface area contributed by atoms with Gasteiger partial charge >= 0.3 is 0 Å². The lowest BCUT2D eigenvalue weighted by molar-refractivity contribution is -0.133. The van der Waals surface area contributed by atoms with Crippen molar-refractivity contribution in [2.75, 3.05) is 19.6 Å². The second kappa shape index (κ2) is 7.33. The number of nitrogens with zero attached hydrogens (tertiary/aromatic N) is 4. The minimum Gasteiger partial charge on any atom is -0.386 e. The van der Waals surface area contributed by atoms with E-state index in [4.69, 9.17) is 0 Å². The van der Waals surface area contributed by atoms with E-state index in [-0.39, 0.29) is 5.91 Å². The van der Waals surface area contributed by atoms with Crippen LogP contribution in [0.4, 0.5) is 0 Å². The highest BCUT2D eigenvalue weighted by molar-refractivity contribution is 5.78. The number of aromatic nitrogens is 2. The molecule has 1 aliphatic carbocycles. The zero-order valence-electron chi connectivity index (χ0n) is 16.3. The molecule has 0 spiro atoms. The van der Waals surface area contributed by atoms with Crippen LogP contribution in [0.25, 0.3) is 0 Å². The van der Waals surface area contributed by atoms with Crippen LogP contribution in [0.5, 0.6) is 0 Å². The molecule has 1 amide bonds. The van der Waals surface area contributed by atoms with Gasteiger partial charge in [-0.05, 0) is 48.8 Å². The third-order valence-electron chi connectivity index (χ3n) is 6.33. The fourth-order valence-corrected chi connectivity index (χ4v) is 4.48. The minimum atomic E-state index is -0.447. The molecule has 1 saturated carbocycles. The van der Waals surface area contributed by atoms with Gasteiger partial charge in [-0.1, -0.05) is 24.3 Å². The average Bonchev–Trinajstić information content (AvgIpc) is 3.51. The Hall–Kier alpha value is -2.18. The van der Waals surface area contributed by atoms with Crippen molar-refractivity contribution in [2.45, 2.75) is 51.4 Å². The molecule has 0 radical (unpaired) electrons. The first kappa shape index (κ1) is 17.9. The molecule has 1 aromatic carbocycles. The van der Waals surface area contributed by atoms with Crippen LogP contribution in [-0.4, -0.2) is 50.2 Å². The first-order valence-corrected chi connectivity index (χ1v) is 10.5. The highest BCUT2D eigenvalue weighted by Crippen LogP contribution is 2.40. The molecule has 148 valence electrons. The van der Waals surface area contributed by atoms with Gasteiger partial charge in [0.05, 0.1) is 24.5 Å². The van der Waals surface area contributed by atoms with Crippen molar-refractivity contribution in [1.82, 2.24) is 19.6 Å². The number of rotatable bonds is 4. The molecule has 3 heterocycles. The molecule has 6 heteroatoms. The lowest BCUT2D eigenvalue weighted by Gasteiger charge is -2.30. The van der Waals surface area contributed by atoms with E-state index in [0.717, 1.165) is 63.3 Å². The summed E-state index contributed by atoms with van der Waals surface area (Å²) >= 11 is 0. The number of hydrogen-bond acceptors (Lipinski definition) is 4. The Morgan fingerprint density at radius 1 is 1.14 bits per heavy atom. The molecule has 0 bridgehead atoms. The molecular formula is C22H28N4O2. The summed E-state index contributed by atoms with van der Waals surface area (Å²) in [4.78, 5) is 17.2. The van der Waals surface area contributed by atoms with Gasteiger partial charge < -0.3 is 10.0 Å². The lowest BCUT2D eigenvalue weighted by atomic mass is 10.00. The normalized spacial score (nSPS) is 21.0. The van der Waals surface area contributed by atoms with Crippen LogP contribution in [0.3, 0.4) is 0 Å². The highest BCUT2D eigenvalue weighted by atomic mass is 16.3. The predicted octanol–water partition coefficient (Wildman–Crippen LogP) is 2.12. The van der Waals surface area contributed by atoms with Gasteiger partial charge in [-0.25, -0.2) is 0 Å². The Bertz CT molecular complexity index is 873. The van der Waals surface area contributed by atoms with Gasteiger partial charge in [0.15, 0.2) is 0 Å². The standard InChI is InChI=1S/C22H28N4O2/c27-21(15-24-11-8-16-4-1-2-5-18(16)13-24)25-9-3-10-26-19(14-25)12-20(23-26)22(28)17-6-7-17/h1-2,4-5,12,17,22,28H,3,6-11,13-15H2. The van der Waals surface area contributed by atoms with Gasteiger partial charge in [0.25, 0.3) is 0 Å². The Balaban J connectivity index is 1.24. The predicted molar refractivity (Wildman–Crippen MR) is 105 cm³/mol. The first-order chi connectivity index (χ1) is 13.7. The number of hydrogen-bond donors (Lipinski definition) is 1. The van der Waals surface area contributed by atoms with Crippen molar-refractivity contribution in [2.24, 2.45) is 5.92 Å². The van der Waals surface area contributed by atoms with Crippen molar-refractivity contribution >= 4 is 5.91 Å². The van der Waals surface area contributed by atoms with Gasteiger partial charge in [0.2, 0.25) is 5.91 Å². The van der Waals surface area contributed by atoms with Crippen molar-refractivity contribution in [3.63, 3.8) is 0 Å². The number of carbonyl (C=O) groups is 1. The van der Waals surface area contributed by atoms with E-state index < -0.39 is 6.10 Å². The molecule has 1 unspecified atom stereocenters. The maximum atomic E-state index is 13.0. The Morgan fingerprint density at radius 2 is 1.96 bits per heavy atom. The number of amides is 1. The SMILES string of the molecule is O=C(CN1CCc2ccccc2C1)N1CCCn2nc(C(O)C3CC3)cc2C1. The summed E-state index contributed by atoms with van der Waals surface area (Å²) in [5.74, 6) is 0.567. The van der Waals surface area contributed by atoms with E-state index in [2.05, 4.69) is 34.3 Å². The lowest BCUT2D eigenvalue weighted by Crippen LogP contribution is -2.42. The summed E-state index contributed by atoms with van der Waals surface area (Å²) in [5, 5.41) is 15.0. The Labute approximate surface area is 165 Å². The van der Waals surface area contributed by atoms with Crippen LogP contribution in [-0.2, 0) is 30.8 Å². The molecule has 6 nitrogen and oxygen atoms in total. The number of fused-ring (bicyclic) bond motifs is 2. The maximum Gasteiger partial charge on any atom is 0.237 e. The molecule has 5 rings (SSSR count). The molecule has 28 heavy (non-hydrogen) atoms. The number of carbonyl (C=O) groups excluding carboxylic acids is 1. The van der Waals surface area contributed by atoms with Crippen LogP contribution in [0.15, 0.2) is 30.3 Å². The third-order valence-corrected chi connectivity index (χ3v) is 6.33. The second-order valence-corrected chi connectivity index (χ2v) is 8.46. The van der Waals surface area contributed by atoms with E-state index in [1.54, 1.807) is 0 Å². The molecule has 2 aromatic rings. The summed E-state index contributed by atoms with van der Waals surface area (Å²) in [7, 11) is 0. The minimum absolute atomic E-state index is 0.193. The summed E-state index contributed by atoms with van der Waals surface area (Å²) in [6.07, 6.45) is 3.65. The second-order valence-electron chi connectivity index (χ2n) is 8.46. The van der Waals surface area contributed by atoms with Crippen LogP contribution in [0.1, 0.15) is 47.9 Å². The average molecular weight is 380 g/mol. The third kappa shape index (κ3) is 3.59. The highest BCUT2D eigenvalue weighted by Gasteiger charge is 2.33. The van der Waals surface area contributed by atoms with Gasteiger partial charge in [-0.2, -0.15) is 5.10 Å². The zero-order chi connectivity index (χ0) is 19.1.